The normalized spacial score (nSPS) is 20.8. The van der Waals surface area contributed by atoms with Crippen LogP contribution in [0.25, 0.3) is 0 Å². The molecule has 1 saturated heterocycles. The Morgan fingerprint density at radius 2 is 2.16 bits per heavy atom. The van der Waals surface area contributed by atoms with Crippen LogP contribution in [-0.4, -0.2) is 69.9 Å². The fraction of sp³-hybridized carbons (Fsp3) is 0.556. The molecular weight excluding hydrogens is 324 g/mol. The number of carbonyl (C=O) groups is 2. The topological polar surface area (TPSA) is 77.1 Å². The third-order valence-electron chi connectivity index (χ3n) is 4.32. The molecule has 1 heterocycles. The summed E-state index contributed by atoms with van der Waals surface area (Å²) >= 11 is 0. The standard InChI is InChI=1S/C18H26N2O5/c1-19-16(21)10-18(24-3)12-20(7-8-25-13-18)17(22)15-6-4-5-14(9-15)11-23-2/h4-6,9H,7-8,10-13H2,1-3H3,(H,19,21)/t18-/m0/s1. The number of nitrogens with one attached hydrogen (secondary N) is 1. The van der Waals surface area contributed by atoms with Crippen molar-refractivity contribution in [1.29, 1.82) is 0 Å². The van der Waals surface area contributed by atoms with Crippen LogP contribution in [0.1, 0.15) is 22.3 Å². The first-order valence-corrected chi connectivity index (χ1v) is 8.24. The number of methoxy groups -OCH3 is 2. The maximum Gasteiger partial charge on any atom is 0.254 e. The van der Waals surface area contributed by atoms with Crippen LogP contribution in [0.2, 0.25) is 0 Å². The molecule has 7 nitrogen and oxygen atoms in total. The second kappa shape index (κ2) is 8.94. The fourth-order valence-corrected chi connectivity index (χ4v) is 2.91. The Bertz CT molecular complexity index is 607. The molecule has 1 aromatic carbocycles. The van der Waals surface area contributed by atoms with E-state index in [4.69, 9.17) is 14.2 Å². The van der Waals surface area contributed by atoms with Gasteiger partial charge in [0.25, 0.3) is 5.91 Å². The Morgan fingerprint density at radius 3 is 2.84 bits per heavy atom. The largest absolute Gasteiger partial charge is 0.380 e. The van der Waals surface area contributed by atoms with Crippen LogP contribution in [0.15, 0.2) is 24.3 Å². The van der Waals surface area contributed by atoms with Crippen molar-refractivity contribution in [1.82, 2.24) is 10.2 Å². The highest BCUT2D eigenvalue weighted by Crippen LogP contribution is 2.22. The second-order valence-corrected chi connectivity index (χ2v) is 6.15. The molecule has 0 unspecified atom stereocenters. The molecule has 0 aromatic heterocycles. The summed E-state index contributed by atoms with van der Waals surface area (Å²) in [5.41, 5.74) is 0.667. The van der Waals surface area contributed by atoms with Gasteiger partial charge in [-0.3, -0.25) is 9.59 Å². The lowest BCUT2D eigenvalue weighted by Gasteiger charge is -2.33. The summed E-state index contributed by atoms with van der Waals surface area (Å²) in [6.07, 6.45) is 0.132. The van der Waals surface area contributed by atoms with Crippen LogP contribution in [0, 0.1) is 0 Å². The van der Waals surface area contributed by atoms with Gasteiger partial charge in [0.15, 0.2) is 0 Å². The third kappa shape index (κ3) is 5.01. The summed E-state index contributed by atoms with van der Waals surface area (Å²) in [6, 6.07) is 7.35. The highest BCUT2D eigenvalue weighted by Gasteiger charge is 2.38. The zero-order valence-electron chi connectivity index (χ0n) is 15.0. The van der Waals surface area contributed by atoms with Gasteiger partial charge in [0, 0.05) is 33.4 Å². The molecule has 1 aromatic rings. The van der Waals surface area contributed by atoms with Crippen molar-refractivity contribution in [3.05, 3.63) is 35.4 Å². The van der Waals surface area contributed by atoms with Gasteiger partial charge < -0.3 is 24.4 Å². The molecule has 138 valence electrons. The minimum atomic E-state index is -0.851. The van der Waals surface area contributed by atoms with E-state index in [1.165, 1.54) is 0 Å². The zero-order chi connectivity index (χ0) is 18.3. The summed E-state index contributed by atoms with van der Waals surface area (Å²) < 4.78 is 16.3. The van der Waals surface area contributed by atoms with E-state index in [0.717, 1.165) is 5.56 Å². The van der Waals surface area contributed by atoms with E-state index < -0.39 is 5.60 Å². The quantitative estimate of drug-likeness (QED) is 0.822. The van der Waals surface area contributed by atoms with Crippen LogP contribution >= 0.6 is 0 Å². The average molecular weight is 350 g/mol. The van der Waals surface area contributed by atoms with Gasteiger partial charge in [-0.25, -0.2) is 0 Å². The number of amides is 2. The smallest absolute Gasteiger partial charge is 0.254 e. The Labute approximate surface area is 148 Å². The summed E-state index contributed by atoms with van der Waals surface area (Å²) in [5.74, 6) is -0.261. The molecule has 2 rings (SSSR count). The van der Waals surface area contributed by atoms with E-state index in [0.29, 0.717) is 31.9 Å². The molecule has 0 spiro atoms. The molecule has 25 heavy (non-hydrogen) atoms. The summed E-state index contributed by atoms with van der Waals surface area (Å²) in [5, 5.41) is 2.60. The van der Waals surface area contributed by atoms with Crippen LogP contribution in [0.3, 0.4) is 0 Å². The Balaban J connectivity index is 2.20. The first-order valence-electron chi connectivity index (χ1n) is 8.24. The number of ether oxygens (including phenoxy) is 3. The zero-order valence-corrected chi connectivity index (χ0v) is 15.0. The van der Waals surface area contributed by atoms with Crippen molar-refractivity contribution < 1.29 is 23.8 Å². The van der Waals surface area contributed by atoms with Crippen molar-refractivity contribution in [3.8, 4) is 0 Å². The van der Waals surface area contributed by atoms with Crippen molar-refractivity contribution in [2.24, 2.45) is 0 Å². The van der Waals surface area contributed by atoms with E-state index in [-0.39, 0.29) is 24.8 Å². The number of hydrogen-bond acceptors (Lipinski definition) is 5. The molecule has 0 bridgehead atoms. The highest BCUT2D eigenvalue weighted by atomic mass is 16.5. The maximum absolute atomic E-state index is 12.9. The predicted molar refractivity (Wildman–Crippen MR) is 92.3 cm³/mol. The van der Waals surface area contributed by atoms with E-state index in [1.54, 1.807) is 32.2 Å². The number of carbonyl (C=O) groups excluding carboxylic acids is 2. The SMILES string of the molecule is CNC(=O)C[C@@]1(OC)COCCN(C(=O)c2cccc(COC)c2)C1. The summed E-state index contributed by atoms with van der Waals surface area (Å²) in [6.45, 7) is 1.87. The first kappa shape index (κ1) is 19.4. The molecule has 0 saturated carbocycles. The molecule has 1 N–H and O–H groups in total. The van der Waals surface area contributed by atoms with Gasteiger partial charge in [-0.15, -0.1) is 0 Å². The fourth-order valence-electron chi connectivity index (χ4n) is 2.91. The Kier molecular flexibility index (Phi) is 6.92. The maximum atomic E-state index is 12.9. The number of benzene rings is 1. The molecule has 1 fully saturated rings. The average Bonchev–Trinajstić information content (AvgIpc) is 2.84. The van der Waals surface area contributed by atoms with Gasteiger partial charge in [-0.1, -0.05) is 12.1 Å². The predicted octanol–water partition coefficient (Wildman–Crippen LogP) is 0.827. The Hall–Kier alpha value is -1.96. The number of hydrogen-bond donors (Lipinski definition) is 1. The monoisotopic (exact) mass is 350 g/mol. The first-order chi connectivity index (χ1) is 12.0. The van der Waals surface area contributed by atoms with Gasteiger partial charge >= 0.3 is 0 Å². The van der Waals surface area contributed by atoms with Crippen molar-refractivity contribution in [3.63, 3.8) is 0 Å². The van der Waals surface area contributed by atoms with Gasteiger partial charge in [-0.05, 0) is 17.7 Å². The van der Waals surface area contributed by atoms with Gasteiger partial charge in [0.05, 0.1) is 32.8 Å². The van der Waals surface area contributed by atoms with E-state index in [9.17, 15) is 9.59 Å². The lowest BCUT2D eigenvalue weighted by Crippen LogP contribution is -2.50. The van der Waals surface area contributed by atoms with Gasteiger partial charge in [0.2, 0.25) is 5.91 Å². The van der Waals surface area contributed by atoms with E-state index >= 15 is 0 Å². The summed E-state index contributed by atoms with van der Waals surface area (Å²) in [4.78, 5) is 26.5. The molecule has 7 heteroatoms. The Morgan fingerprint density at radius 1 is 1.36 bits per heavy atom. The molecule has 0 aliphatic carbocycles. The van der Waals surface area contributed by atoms with Crippen LogP contribution in [0.4, 0.5) is 0 Å². The summed E-state index contributed by atoms with van der Waals surface area (Å²) in [7, 11) is 4.74. The number of nitrogens with zero attached hydrogens (tertiary/aromatic N) is 1. The van der Waals surface area contributed by atoms with Crippen molar-refractivity contribution >= 4 is 11.8 Å². The van der Waals surface area contributed by atoms with Crippen LogP contribution < -0.4 is 5.32 Å². The molecular formula is C18H26N2O5. The minimum absolute atomic E-state index is 0.109. The van der Waals surface area contributed by atoms with Crippen molar-refractivity contribution in [2.75, 3.05) is 47.6 Å². The lowest BCUT2D eigenvalue weighted by atomic mass is 9.98. The minimum Gasteiger partial charge on any atom is -0.380 e. The third-order valence-corrected chi connectivity index (χ3v) is 4.32. The van der Waals surface area contributed by atoms with Crippen LogP contribution in [-0.2, 0) is 25.6 Å². The van der Waals surface area contributed by atoms with Crippen LogP contribution in [0.5, 0.6) is 0 Å². The van der Waals surface area contributed by atoms with E-state index in [1.807, 2.05) is 18.2 Å². The number of rotatable bonds is 6. The van der Waals surface area contributed by atoms with Gasteiger partial charge in [0.1, 0.15) is 5.60 Å². The molecule has 1 atom stereocenters. The highest BCUT2D eigenvalue weighted by molar-refractivity contribution is 5.94. The van der Waals surface area contributed by atoms with E-state index in [2.05, 4.69) is 5.32 Å². The van der Waals surface area contributed by atoms with Crippen molar-refractivity contribution in [2.45, 2.75) is 18.6 Å². The molecule has 0 radical (unpaired) electrons. The lowest BCUT2D eigenvalue weighted by molar-refractivity contribution is -0.131. The molecule has 1 aliphatic heterocycles. The second-order valence-electron chi connectivity index (χ2n) is 6.15. The molecule has 2 amide bonds. The molecule has 1 aliphatic rings. The van der Waals surface area contributed by atoms with Gasteiger partial charge in [-0.2, -0.15) is 0 Å².